The molecule has 2 aromatic rings. The second kappa shape index (κ2) is 7.00. The van der Waals surface area contributed by atoms with Crippen LogP contribution in [0.1, 0.15) is 38.8 Å². The molecule has 1 aliphatic heterocycles. The van der Waals surface area contributed by atoms with Crippen LogP contribution in [0.4, 0.5) is 11.8 Å². The molecule has 1 aliphatic rings. The zero-order valence-corrected chi connectivity index (χ0v) is 15.5. The van der Waals surface area contributed by atoms with E-state index in [0.29, 0.717) is 11.9 Å². The van der Waals surface area contributed by atoms with Crippen molar-refractivity contribution in [3.8, 4) is 0 Å². The molecule has 0 amide bonds. The molecule has 0 radical (unpaired) electrons. The summed E-state index contributed by atoms with van der Waals surface area (Å²) in [7, 11) is 0. The highest BCUT2D eigenvalue weighted by atomic mass is 16.3. The number of nitrogens with zero attached hydrogens (tertiary/aromatic N) is 3. The number of rotatable bonds is 5. The molecule has 2 N–H and O–H groups in total. The third kappa shape index (κ3) is 3.76. The van der Waals surface area contributed by atoms with E-state index in [9.17, 15) is 5.11 Å². The Kier molecular flexibility index (Phi) is 4.95. The SMILES string of the molecule is CC(C)[C@@H](CO)Nc1nccc(N2Cc3ccccc3CC2(C)C)n1. The molecule has 25 heavy (non-hydrogen) atoms. The quantitative estimate of drug-likeness (QED) is 0.875. The highest BCUT2D eigenvalue weighted by molar-refractivity contribution is 5.50. The first-order valence-corrected chi connectivity index (χ1v) is 8.95. The molecule has 5 heteroatoms. The second-order valence-corrected chi connectivity index (χ2v) is 7.76. The molecule has 2 heterocycles. The van der Waals surface area contributed by atoms with Gasteiger partial charge in [-0.15, -0.1) is 0 Å². The highest BCUT2D eigenvalue weighted by Gasteiger charge is 2.33. The molecular weight excluding hydrogens is 312 g/mol. The monoisotopic (exact) mass is 340 g/mol. The molecule has 0 fully saturated rings. The summed E-state index contributed by atoms with van der Waals surface area (Å²) in [6.07, 6.45) is 2.78. The third-order valence-corrected chi connectivity index (χ3v) is 5.03. The molecule has 5 nitrogen and oxygen atoms in total. The zero-order chi connectivity index (χ0) is 18.0. The van der Waals surface area contributed by atoms with Crippen molar-refractivity contribution < 1.29 is 5.11 Å². The van der Waals surface area contributed by atoms with Gasteiger partial charge in [0.05, 0.1) is 12.6 Å². The molecule has 0 bridgehead atoms. The number of aliphatic hydroxyl groups excluding tert-OH is 1. The van der Waals surface area contributed by atoms with Crippen molar-refractivity contribution in [2.24, 2.45) is 5.92 Å². The van der Waals surface area contributed by atoms with Gasteiger partial charge in [-0.05, 0) is 43.4 Å². The number of benzene rings is 1. The van der Waals surface area contributed by atoms with Crippen LogP contribution in [0.5, 0.6) is 0 Å². The van der Waals surface area contributed by atoms with Crippen molar-refractivity contribution >= 4 is 11.8 Å². The summed E-state index contributed by atoms with van der Waals surface area (Å²) in [5.74, 6) is 1.79. The normalized spacial score (nSPS) is 17.3. The summed E-state index contributed by atoms with van der Waals surface area (Å²) in [5.41, 5.74) is 2.75. The lowest BCUT2D eigenvalue weighted by Gasteiger charge is -2.44. The first kappa shape index (κ1) is 17.7. The van der Waals surface area contributed by atoms with E-state index in [0.717, 1.165) is 18.8 Å². The summed E-state index contributed by atoms with van der Waals surface area (Å²) in [4.78, 5) is 11.4. The molecule has 0 unspecified atom stereocenters. The lowest BCUT2D eigenvalue weighted by atomic mass is 9.85. The van der Waals surface area contributed by atoms with Crippen molar-refractivity contribution in [3.05, 3.63) is 47.7 Å². The Balaban J connectivity index is 1.87. The van der Waals surface area contributed by atoms with Gasteiger partial charge >= 0.3 is 0 Å². The van der Waals surface area contributed by atoms with Crippen LogP contribution in [0.25, 0.3) is 0 Å². The first-order valence-electron chi connectivity index (χ1n) is 8.95. The molecular formula is C20H28N4O. The van der Waals surface area contributed by atoms with Gasteiger partial charge < -0.3 is 15.3 Å². The minimum absolute atomic E-state index is 0.0194. The van der Waals surface area contributed by atoms with Gasteiger partial charge in [0.1, 0.15) is 5.82 Å². The maximum Gasteiger partial charge on any atom is 0.224 e. The Morgan fingerprint density at radius 2 is 1.92 bits per heavy atom. The largest absolute Gasteiger partial charge is 0.394 e. The van der Waals surface area contributed by atoms with Gasteiger partial charge in [-0.25, -0.2) is 4.98 Å². The van der Waals surface area contributed by atoms with E-state index in [-0.39, 0.29) is 18.2 Å². The predicted molar refractivity (Wildman–Crippen MR) is 102 cm³/mol. The van der Waals surface area contributed by atoms with E-state index >= 15 is 0 Å². The Morgan fingerprint density at radius 1 is 1.20 bits per heavy atom. The summed E-state index contributed by atoms with van der Waals surface area (Å²) in [5, 5.41) is 12.8. The van der Waals surface area contributed by atoms with Crippen LogP contribution in [-0.4, -0.2) is 33.3 Å². The molecule has 0 saturated heterocycles. The van der Waals surface area contributed by atoms with Gasteiger partial charge in [0.15, 0.2) is 0 Å². The van der Waals surface area contributed by atoms with Crippen molar-refractivity contribution in [2.45, 2.75) is 52.2 Å². The van der Waals surface area contributed by atoms with Gasteiger partial charge in [0.2, 0.25) is 5.95 Å². The Hall–Kier alpha value is -2.14. The van der Waals surface area contributed by atoms with Crippen LogP contribution in [0.2, 0.25) is 0 Å². The number of hydrogen-bond acceptors (Lipinski definition) is 5. The van der Waals surface area contributed by atoms with Crippen LogP contribution >= 0.6 is 0 Å². The predicted octanol–water partition coefficient (Wildman–Crippen LogP) is 3.25. The Bertz CT molecular complexity index is 729. The van der Waals surface area contributed by atoms with Crippen molar-refractivity contribution in [1.29, 1.82) is 0 Å². The van der Waals surface area contributed by atoms with Crippen LogP contribution in [-0.2, 0) is 13.0 Å². The molecule has 3 rings (SSSR count). The minimum atomic E-state index is -0.0506. The van der Waals surface area contributed by atoms with Crippen LogP contribution in [0.3, 0.4) is 0 Å². The van der Waals surface area contributed by atoms with Gasteiger partial charge in [0.25, 0.3) is 0 Å². The lowest BCUT2D eigenvalue weighted by Crippen LogP contribution is -2.49. The smallest absolute Gasteiger partial charge is 0.224 e. The lowest BCUT2D eigenvalue weighted by molar-refractivity contribution is 0.248. The molecule has 134 valence electrons. The molecule has 0 aliphatic carbocycles. The zero-order valence-electron chi connectivity index (χ0n) is 15.5. The number of anilines is 2. The van der Waals surface area contributed by atoms with E-state index in [1.807, 2.05) is 6.07 Å². The van der Waals surface area contributed by atoms with Crippen molar-refractivity contribution in [3.63, 3.8) is 0 Å². The minimum Gasteiger partial charge on any atom is -0.394 e. The van der Waals surface area contributed by atoms with E-state index in [2.05, 4.69) is 67.2 Å². The van der Waals surface area contributed by atoms with Crippen LogP contribution in [0.15, 0.2) is 36.5 Å². The first-order chi connectivity index (χ1) is 11.9. The molecule has 1 atom stereocenters. The summed E-state index contributed by atoms with van der Waals surface area (Å²) >= 11 is 0. The number of aliphatic hydroxyl groups is 1. The summed E-state index contributed by atoms with van der Waals surface area (Å²) in [6.45, 7) is 9.55. The second-order valence-electron chi connectivity index (χ2n) is 7.76. The molecule has 1 aromatic heterocycles. The van der Waals surface area contributed by atoms with Crippen LogP contribution < -0.4 is 10.2 Å². The van der Waals surface area contributed by atoms with Gasteiger partial charge in [-0.1, -0.05) is 38.1 Å². The summed E-state index contributed by atoms with van der Waals surface area (Å²) < 4.78 is 0. The number of aromatic nitrogens is 2. The van der Waals surface area contributed by atoms with E-state index < -0.39 is 0 Å². The summed E-state index contributed by atoms with van der Waals surface area (Å²) in [6, 6.07) is 10.5. The van der Waals surface area contributed by atoms with E-state index in [4.69, 9.17) is 4.98 Å². The fourth-order valence-corrected chi connectivity index (χ4v) is 3.38. The van der Waals surface area contributed by atoms with Crippen LogP contribution in [0, 0.1) is 5.92 Å². The molecule has 0 saturated carbocycles. The highest BCUT2D eigenvalue weighted by Crippen LogP contribution is 2.34. The maximum atomic E-state index is 9.54. The number of nitrogens with one attached hydrogen (secondary N) is 1. The molecule has 0 spiro atoms. The Morgan fingerprint density at radius 3 is 2.60 bits per heavy atom. The molecule has 1 aromatic carbocycles. The standard InChI is InChI=1S/C20H28N4O/c1-14(2)17(13-25)22-19-21-10-9-18(23-19)24-12-16-8-6-5-7-15(16)11-20(24,3)4/h5-10,14,17,25H,11-13H2,1-4H3,(H,21,22,23)/t17-/m1/s1. The number of fused-ring (bicyclic) bond motifs is 1. The Labute approximate surface area is 150 Å². The maximum absolute atomic E-state index is 9.54. The topological polar surface area (TPSA) is 61.3 Å². The van der Waals surface area contributed by atoms with Crippen molar-refractivity contribution in [1.82, 2.24) is 9.97 Å². The fraction of sp³-hybridized carbons (Fsp3) is 0.500. The van der Waals surface area contributed by atoms with Gasteiger partial charge in [-0.2, -0.15) is 4.98 Å². The third-order valence-electron chi connectivity index (χ3n) is 5.03. The van der Waals surface area contributed by atoms with Gasteiger partial charge in [-0.3, -0.25) is 0 Å². The average Bonchev–Trinajstić information content (AvgIpc) is 2.58. The van der Waals surface area contributed by atoms with E-state index in [1.165, 1.54) is 11.1 Å². The number of hydrogen-bond donors (Lipinski definition) is 2. The van der Waals surface area contributed by atoms with Gasteiger partial charge in [0, 0.05) is 18.3 Å². The fourth-order valence-electron chi connectivity index (χ4n) is 3.38. The van der Waals surface area contributed by atoms with Crippen molar-refractivity contribution in [2.75, 3.05) is 16.8 Å². The average molecular weight is 340 g/mol. The van der Waals surface area contributed by atoms with E-state index in [1.54, 1.807) is 6.20 Å².